The van der Waals surface area contributed by atoms with Crippen LogP contribution in [0, 0.1) is 5.92 Å². The maximum atomic E-state index is 11.9. The first-order valence-corrected chi connectivity index (χ1v) is 7.01. The van der Waals surface area contributed by atoms with E-state index in [1.54, 1.807) is 25.1 Å². The smallest absolute Gasteiger partial charge is 0.340 e. The van der Waals surface area contributed by atoms with Crippen LogP contribution in [0.2, 0.25) is 0 Å². The lowest BCUT2D eigenvalue weighted by Crippen LogP contribution is -2.33. The molecule has 116 valence electrons. The van der Waals surface area contributed by atoms with Crippen molar-refractivity contribution in [2.24, 2.45) is 5.92 Å². The van der Waals surface area contributed by atoms with E-state index in [1.165, 1.54) is 0 Å². The highest BCUT2D eigenvalue weighted by Crippen LogP contribution is 2.24. The minimum absolute atomic E-state index is 0.0489. The first-order valence-electron chi connectivity index (χ1n) is 7.01. The molecule has 1 aromatic carbocycles. The summed E-state index contributed by atoms with van der Waals surface area (Å²) < 4.78 is 4.97. The highest BCUT2D eigenvalue weighted by Gasteiger charge is 2.15. The second kappa shape index (κ2) is 8.14. The lowest BCUT2D eigenvalue weighted by atomic mass is 10.1. The van der Waals surface area contributed by atoms with E-state index in [-0.39, 0.29) is 19.1 Å². The summed E-state index contributed by atoms with van der Waals surface area (Å²) >= 11 is 0. The van der Waals surface area contributed by atoms with Gasteiger partial charge in [-0.25, -0.2) is 4.79 Å². The Morgan fingerprint density at radius 3 is 2.67 bits per heavy atom. The number of carbonyl (C=O) groups is 2. The van der Waals surface area contributed by atoms with Crippen LogP contribution < -0.4 is 16.4 Å². The van der Waals surface area contributed by atoms with Gasteiger partial charge in [-0.3, -0.25) is 4.79 Å². The number of para-hydroxylation sites is 1. The molecule has 0 aliphatic rings. The Labute approximate surface area is 125 Å². The van der Waals surface area contributed by atoms with Crippen molar-refractivity contribution in [1.29, 1.82) is 0 Å². The van der Waals surface area contributed by atoms with Crippen LogP contribution in [0.4, 0.5) is 11.4 Å². The van der Waals surface area contributed by atoms with Gasteiger partial charge in [0, 0.05) is 6.54 Å². The Morgan fingerprint density at radius 1 is 1.33 bits per heavy atom. The van der Waals surface area contributed by atoms with Gasteiger partial charge in [0.05, 0.1) is 30.1 Å². The third-order valence-electron chi connectivity index (χ3n) is 2.73. The minimum atomic E-state index is -0.463. The molecule has 0 fully saturated rings. The zero-order chi connectivity index (χ0) is 15.8. The highest BCUT2D eigenvalue weighted by molar-refractivity contribution is 5.99. The molecule has 1 rings (SSSR count). The number of benzene rings is 1. The van der Waals surface area contributed by atoms with Gasteiger partial charge in [0.15, 0.2) is 0 Å². The molecule has 0 radical (unpaired) electrons. The Morgan fingerprint density at radius 2 is 2.05 bits per heavy atom. The summed E-state index contributed by atoms with van der Waals surface area (Å²) in [4.78, 5) is 23.6. The monoisotopic (exact) mass is 293 g/mol. The van der Waals surface area contributed by atoms with E-state index in [1.807, 2.05) is 13.8 Å². The van der Waals surface area contributed by atoms with Crippen molar-refractivity contribution in [2.75, 3.05) is 30.7 Å². The summed E-state index contributed by atoms with van der Waals surface area (Å²) in [6.45, 7) is 6.70. The number of anilines is 2. The number of esters is 1. The predicted octanol–water partition coefficient (Wildman–Crippen LogP) is 1.63. The summed E-state index contributed by atoms with van der Waals surface area (Å²) in [5.41, 5.74) is 7.02. The minimum Gasteiger partial charge on any atom is -0.462 e. The molecule has 0 saturated carbocycles. The van der Waals surface area contributed by atoms with Crippen molar-refractivity contribution in [1.82, 2.24) is 5.32 Å². The van der Waals surface area contributed by atoms with Crippen molar-refractivity contribution >= 4 is 23.3 Å². The van der Waals surface area contributed by atoms with E-state index in [4.69, 9.17) is 10.5 Å². The molecular weight excluding hydrogens is 270 g/mol. The molecule has 0 saturated heterocycles. The van der Waals surface area contributed by atoms with Crippen LogP contribution in [0.15, 0.2) is 18.2 Å². The maximum Gasteiger partial charge on any atom is 0.340 e. The molecule has 4 N–H and O–H groups in total. The van der Waals surface area contributed by atoms with E-state index in [0.29, 0.717) is 29.4 Å². The van der Waals surface area contributed by atoms with Gasteiger partial charge < -0.3 is 21.1 Å². The molecule has 1 amide bonds. The Kier molecular flexibility index (Phi) is 6.52. The molecule has 0 atom stereocenters. The van der Waals surface area contributed by atoms with Crippen molar-refractivity contribution in [3.05, 3.63) is 23.8 Å². The molecule has 0 unspecified atom stereocenters. The number of ether oxygens (including phenoxy) is 1. The van der Waals surface area contributed by atoms with Crippen molar-refractivity contribution in [3.8, 4) is 0 Å². The molecule has 0 aliphatic heterocycles. The normalized spacial score (nSPS) is 10.3. The highest BCUT2D eigenvalue weighted by atomic mass is 16.5. The van der Waals surface area contributed by atoms with Crippen molar-refractivity contribution in [2.45, 2.75) is 20.8 Å². The van der Waals surface area contributed by atoms with Gasteiger partial charge in [0.2, 0.25) is 5.91 Å². The first-order chi connectivity index (χ1) is 9.95. The lowest BCUT2D eigenvalue weighted by Gasteiger charge is -2.14. The molecule has 0 heterocycles. The quantitative estimate of drug-likeness (QED) is 0.525. The van der Waals surface area contributed by atoms with Gasteiger partial charge in [-0.2, -0.15) is 0 Å². The van der Waals surface area contributed by atoms with Crippen molar-refractivity contribution < 1.29 is 14.3 Å². The molecular formula is C15H23N3O3. The van der Waals surface area contributed by atoms with Crippen LogP contribution in [-0.4, -0.2) is 31.6 Å². The zero-order valence-corrected chi connectivity index (χ0v) is 12.7. The number of nitrogen functional groups attached to an aromatic ring is 1. The maximum absolute atomic E-state index is 11.9. The lowest BCUT2D eigenvalue weighted by molar-refractivity contribution is -0.119. The molecule has 6 nitrogen and oxygen atoms in total. The summed E-state index contributed by atoms with van der Waals surface area (Å²) in [6, 6.07) is 4.95. The molecule has 6 heteroatoms. The molecule has 0 aromatic heterocycles. The second-order valence-electron chi connectivity index (χ2n) is 5.04. The van der Waals surface area contributed by atoms with E-state index in [0.717, 1.165) is 0 Å². The second-order valence-corrected chi connectivity index (χ2v) is 5.04. The van der Waals surface area contributed by atoms with Crippen LogP contribution in [0.1, 0.15) is 31.1 Å². The molecule has 1 aromatic rings. The van der Waals surface area contributed by atoms with Gasteiger partial charge >= 0.3 is 5.97 Å². The SMILES string of the molecule is CCOC(=O)c1cccc(N)c1NCC(=O)NCC(C)C. The van der Waals surface area contributed by atoms with E-state index < -0.39 is 5.97 Å². The number of amides is 1. The van der Waals surface area contributed by atoms with Crippen LogP contribution in [0.3, 0.4) is 0 Å². The van der Waals surface area contributed by atoms with E-state index >= 15 is 0 Å². The number of nitrogens with two attached hydrogens (primary N) is 1. The Hall–Kier alpha value is -2.24. The third-order valence-corrected chi connectivity index (χ3v) is 2.73. The van der Waals surface area contributed by atoms with Gasteiger partial charge in [-0.1, -0.05) is 19.9 Å². The standard InChI is InChI=1S/C15H23N3O3/c1-4-21-15(20)11-6-5-7-12(16)14(11)18-9-13(19)17-8-10(2)3/h5-7,10,18H,4,8-9,16H2,1-3H3,(H,17,19). The molecule has 21 heavy (non-hydrogen) atoms. The zero-order valence-electron chi connectivity index (χ0n) is 12.7. The number of nitrogens with one attached hydrogen (secondary N) is 2. The van der Waals surface area contributed by atoms with Crippen LogP contribution in [-0.2, 0) is 9.53 Å². The Balaban J connectivity index is 2.73. The fourth-order valence-corrected chi connectivity index (χ4v) is 1.70. The molecule has 0 spiro atoms. The fourth-order valence-electron chi connectivity index (χ4n) is 1.70. The van der Waals surface area contributed by atoms with Gasteiger partial charge in [0.25, 0.3) is 0 Å². The van der Waals surface area contributed by atoms with Gasteiger partial charge in [0.1, 0.15) is 0 Å². The van der Waals surface area contributed by atoms with Crippen LogP contribution in [0.25, 0.3) is 0 Å². The average Bonchev–Trinajstić information content (AvgIpc) is 2.43. The topological polar surface area (TPSA) is 93.4 Å². The summed E-state index contributed by atoms with van der Waals surface area (Å²) in [6.07, 6.45) is 0. The first kappa shape index (κ1) is 16.8. The Bertz CT molecular complexity index is 501. The average molecular weight is 293 g/mol. The van der Waals surface area contributed by atoms with Crippen LogP contribution in [0.5, 0.6) is 0 Å². The summed E-state index contributed by atoms with van der Waals surface area (Å²) in [5.74, 6) is -0.234. The largest absolute Gasteiger partial charge is 0.462 e. The number of hydrogen-bond acceptors (Lipinski definition) is 5. The number of carbonyl (C=O) groups excluding carboxylic acids is 2. The van der Waals surface area contributed by atoms with E-state index in [9.17, 15) is 9.59 Å². The van der Waals surface area contributed by atoms with Crippen molar-refractivity contribution in [3.63, 3.8) is 0 Å². The number of rotatable bonds is 7. The third kappa shape index (κ3) is 5.33. The predicted molar refractivity (Wildman–Crippen MR) is 83.1 cm³/mol. The van der Waals surface area contributed by atoms with E-state index in [2.05, 4.69) is 10.6 Å². The molecule has 0 bridgehead atoms. The van der Waals surface area contributed by atoms with Gasteiger partial charge in [-0.15, -0.1) is 0 Å². The van der Waals surface area contributed by atoms with Gasteiger partial charge in [-0.05, 0) is 25.0 Å². The molecule has 0 aliphatic carbocycles. The summed E-state index contributed by atoms with van der Waals surface area (Å²) in [5, 5.41) is 5.69. The summed E-state index contributed by atoms with van der Waals surface area (Å²) in [7, 11) is 0. The number of hydrogen-bond donors (Lipinski definition) is 3. The fraction of sp³-hybridized carbons (Fsp3) is 0.467. The van der Waals surface area contributed by atoms with Crippen LogP contribution >= 0.6 is 0 Å².